The number of anilines is 1. The number of ether oxygens (including phenoxy) is 1. The summed E-state index contributed by atoms with van der Waals surface area (Å²) in [6, 6.07) is 9.27. The summed E-state index contributed by atoms with van der Waals surface area (Å²) >= 11 is 0. The van der Waals surface area contributed by atoms with Crippen LogP contribution in [0, 0.1) is 0 Å². The van der Waals surface area contributed by atoms with Crippen LogP contribution >= 0.6 is 0 Å². The molecule has 0 spiro atoms. The highest BCUT2D eigenvalue weighted by Gasteiger charge is 2.19. The van der Waals surface area contributed by atoms with Crippen molar-refractivity contribution >= 4 is 33.4 Å². The summed E-state index contributed by atoms with van der Waals surface area (Å²) in [4.78, 5) is 27.8. The quantitative estimate of drug-likeness (QED) is 0.629. The first kappa shape index (κ1) is 20.6. The van der Waals surface area contributed by atoms with Crippen LogP contribution in [0.4, 0.5) is 5.69 Å². The lowest BCUT2D eigenvalue weighted by Crippen LogP contribution is -2.29. The Balaban J connectivity index is 1.50. The van der Waals surface area contributed by atoms with Gasteiger partial charge in [-0.05, 0) is 36.8 Å². The maximum Gasteiger partial charge on any atom is 0.306 e. The molecule has 1 aromatic carbocycles. The van der Waals surface area contributed by atoms with E-state index in [1.807, 2.05) is 0 Å². The van der Waals surface area contributed by atoms with Crippen LogP contribution in [0.15, 0.2) is 57.0 Å². The molecule has 2 heterocycles. The molecule has 0 atom stereocenters. The van der Waals surface area contributed by atoms with Crippen LogP contribution in [0.1, 0.15) is 25.0 Å². The van der Waals surface area contributed by atoms with E-state index >= 15 is 0 Å². The number of aryl methyl sites for hydroxylation is 1. The summed E-state index contributed by atoms with van der Waals surface area (Å²) < 4.78 is 37.3. The molecule has 0 saturated heterocycles. The molecule has 10 heteroatoms. The van der Waals surface area contributed by atoms with E-state index in [9.17, 15) is 18.0 Å². The molecule has 154 valence electrons. The Morgan fingerprint density at radius 1 is 1.21 bits per heavy atom. The van der Waals surface area contributed by atoms with Gasteiger partial charge >= 0.3 is 5.97 Å². The number of hydrogen-bond acceptors (Lipinski definition) is 7. The van der Waals surface area contributed by atoms with Crippen molar-refractivity contribution in [3.63, 3.8) is 0 Å². The highest BCUT2D eigenvalue weighted by molar-refractivity contribution is 7.90. The van der Waals surface area contributed by atoms with Gasteiger partial charge in [-0.3, -0.25) is 19.3 Å². The van der Waals surface area contributed by atoms with E-state index < -0.39 is 28.5 Å². The SMILES string of the molecule is O=C(COC(=O)CCc1ccco1)Nc1cccc(S(=O)(=O)NC2=NCCC2)c1. The Hall–Kier alpha value is -3.14. The molecular weight excluding hydrogens is 398 g/mol. The lowest BCUT2D eigenvalue weighted by atomic mass is 10.2. The first-order valence-electron chi connectivity index (χ1n) is 9.06. The first-order chi connectivity index (χ1) is 13.9. The fourth-order valence-corrected chi connectivity index (χ4v) is 3.81. The topological polar surface area (TPSA) is 127 Å². The number of carbonyl (C=O) groups excluding carboxylic acids is 2. The molecule has 0 unspecified atom stereocenters. The highest BCUT2D eigenvalue weighted by Crippen LogP contribution is 2.16. The number of benzene rings is 1. The van der Waals surface area contributed by atoms with Crippen LogP contribution in [0.5, 0.6) is 0 Å². The Morgan fingerprint density at radius 2 is 2.07 bits per heavy atom. The molecule has 0 fully saturated rings. The molecule has 29 heavy (non-hydrogen) atoms. The maximum absolute atomic E-state index is 12.4. The number of rotatable bonds is 8. The number of aliphatic imine (C=N–C) groups is 1. The van der Waals surface area contributed by atoms with E-state index in [0.29, 0.717) is 31.0 Å². The number of esters is 1. The van der Waals surface area contributed by atoms with Gasteiger partial charge in [0.05, 0.1) is 17.6 Å². The van der Waals surface area contributed by atoms with E-state index in [2.05, 4.69) is 15.0 Å². The molecule has 0 saturated carbocycles. The molecule has 2 aromatic rings. The summed E-state index contributed by atoms with van der Waals surface area (Å²) in [5.41, 5.74) is 0.276. The molecule has 0 aliphatic carbocycles. The highest BCUT2D eigenvalue weighted by atomic mass is 32.2. The van der Waals surface area contributed by atoms with Crippen molar-refractivity contribution in [2.75, 3.05) is 18.5 Å². The van der Waals surface area contributed by atoms with E-state index in [0.717, 1.165) is 6.42 Å². The molecule has 0 bridgehead atoms. The third-order valence-corrected chi connectivity index (χ3v) is 5.45. The van der Waals surface area contributed by atoms with Gasteiger partial charge in [0.25, 0.3) is 15.9 Å². The minimum atomic E-state index is -3.78. The molecule has 1 aromatic heterocycles. The molecule has 1 aliphatic heterocycles. The molecule has 1 aliphatic rings. The average Bonchev–Trinajstić information content (AvgIpc) is 3.39. The standard InChI is InChI=1S/C19H21N3O6S/c23-18(13-28-19(24)9-8-15-5-3-11-27-15)21-14-4-1-6-16(12-14)29(25,26)22-17-7-2-10-20-17/h1,3-6,11-12H,2,7-10,13H2,(H,20,22)(H,21,23). The number of hydrogen-bond donors (Lipinski definition) is 2. The monoisotopic (exact) mass is 419 g/mol. The summed E-state index contributed by atoms with van der Waals surface area (Å²) in [6.45, 7) is 0.136. The van der Waals surface area contributed by atoms with Crippen molar-refractivity contribution in [1.29, 1.82) is 0 Å². The van der Waals surface area contributed by atoms with Crippen molar-refractivity contribution in [3.05, 3.63) is 48.4 Å². The van der Waals surface area contributed by atoms with Gasteiger partial charge in [-0.15, -0.1) is 0 Å². The van der Waals surface area contributed by atoms with Crippen molar-refractivity contribution in [2.45, 2.75) is 30.6 Å². The second kappa shape index (κ2) is 9.37. The van der Waals surface area contributed by atoms with Gasteiger partial charge in [0, 0.05) is 25.1 Å². The Kier molecular flexibility index (Phi) is 6.65. The lowest BCUT2D eigenvalue weighted by Gasteiger charge is -2.10. The number of nitrogens with one attached hydrogen (secondary N) is 2. The molecular formula is C19H21N3O6S. The van der Waals surface area contributed by atoms with Crippen LogP contribution in [0.3, 0.4) is 0 Å². The zero-order valence-electron chi connectivity index (χ0n) is 15.6. The average molecular weight is 419 g/mol. The molecule has 2 N–H and O–H groups in total. The minimum Gasteiger partial charge on any atom is -0.469 e. The van der Waals surface area contributed by atoms with E-state index in [1.54, 1.807) is 18.2 Å². The summed E-state index contributed by atoms with van der Waals surface area (Å²) in [5.74, 6) is -0.0176. The number of amidine groups is 1. The lowest BCUT2D eigenvalue weighted by molar-refractivity contribution is -0.147. The normalized spacial score (nSPS) is 13.6. The predicted octanol–water partition coefficient (Wildman–Crippen LogP) is 1.86. The van der Waals surface area contributed by atoms with Crippen LogP contribution in [0.25, 0.3) is 0 Å². The second-order valence-corrected chi connectivity index (χ2v) is 8.04. The van der Waals surface area contributed by atoms with Crippen molar-refractivity contribution in [2.24, 2.45) is 4.99 Å². The third kappa shape index (κ3) is 6.18. The second-order valence-electron chi connectivity index (χ2n) is 6.35. The number of carbonyl (C=O) groups is 2. The third-order valence-electron chi connectivity index (χ3n) is 4.07. The van der Waals surface area contributed by atoms with Crippen LogP contribution < -0.4 is 10.0 Å². The Morgan fingerprint density at radius 3 is 2.79 bits per heavy atom. The zero-order valence-corrected chi connectivity index (χ0v) is 16.4. The van der Waals surface area contributed by atoms with E-state index in [4.69, 9.17) is 9.15 Å². The van der Waals surface area contributed by atoms with Crippen LogP contribution in [0.2, 0.25) is 0 Å². The Labute approximate surface area is 168 Å². The van der Waals surface area contributed by atoms with Gasteiger partial charge in [0.15, 0.2) is 6.61 Å². The smallest absolute Gasteiger partial charge is 0.306 e. The van der Waals surface area contributed by atoms with Crippen molar-refractivity contribution < 1.29 is 27.2 Å². The fourth-order valence-electron chi connectivity index (χ4n) is 2.67. The van der Waals surface area contributed by atoms with Gasteiger partial charge in [0.1, 0.15) is 11.6 Å². The summed E-state index contributed by atoms with van der Waals surface area (Å²) in [7, 11) is -3.78. The van der Waals surface area contributed by atoms with Crippen LogP contribution in [-0.4, -0.2) is 39.3 Å². The van der Waals surface area contributed by atoms with Crippen LogP contribution in [-0.2, 0) is 30.8 Å². The molecule has 1 amide bonds. The molecule has 3 rings (SSSR count). The van der Waals surface area contributed by atoms with Gasteiger partial charge in [-0.2, -0.15) is 0 Å². The van der Waals surface area contributed by atoms with Gasteiger partial charge in [-0.1, -0.05) is 6.07 Å². The zero-order chi connectivity index (χ0) is 20.7. The number of nitrogens with zero attached hydrogens (tertiary/aromatic N) is 1. The number of furan rings is 1. The van der Waals surface area contributed by atoms with E-state index in [-0.39, 0.29) is 17.0 Å². The van der Waals surface area contributed by atoms with Gasteiger partial charge in [-0.25, -0.2) is 8.42 Å². The summed E-state index contributed by atoms with van der Waals surface area (Å²) in [6.07, 6.45) is 3.38. The number of amides is 1. The largest absolute Gasteiger partial charge is 0.469 e. The van der Waals surface area contributed by atoms with Gasteiger partial charge in [0.2, 0.25) is 0 Å². The summed E-state index contributed by atoms with van der Waals surface area (Å²) in [5, 5.41) is 2.52. The fraction of sp³-hybridized carbons (Fsp3) is 0.316. The number of sulfonamides is 1. The van der Waals surface area contributed by atoms with E-state index in [1.165, 1.54) is 24.5 Å². The molecule has 9 nitrogen and oxygen atoms in total. The minimum absolute atomic E-state index is 0.000317. The first-order valence-corrected chi connectivity index (χ1v) is 10.5. The van der Waals surface area contributed by atoms with Crippen molar-refractivity contribution in [3.8, 4) is 0 Å². The maximum atomic E-state index is 12.4. The molecule has 0 radical (unpaired) electrons. The van der Waals surface area contributed by atoms with Gasteiger partial charge < -0.3 is 14.5 Å². The Bertz CT molecular complexity index is 999. The predicted molar refractivity (Wildman–Crippen MR) is 105 cm³/mol. The van der Waals surface area contributed by atoms with Crippen molar-refractivity contribution in [1.82, 2.24) is 4.72 Å².